The minimum absolute atomic E-state index is 0.284. The Labute approximate surface area is 144 Å². The maximum Gasteiger partial charge on any atom is 0.262 e. The van der Waals surface area contributed by atoms with E-state index in [4.69, 9.17) is 11.6 Å². The second-order valence-electron chi connectivity index (χ2n) is 5.58. The molecule has 3 rings (SSSR count). The summed E-state index contributed by atoms with van der Waals surface area (Å²) in [5.41, 5.74) is 1.48. The van der Waals surface area contributed by atoms with Crippen molar-refractivity contribution in [3.63, 3.8) is 0 Å². The van der Waals surface area contributed by atoms with Crippen LogP contribution in [0.2, 0.25) is 5.02 Å². The number of imide groups is 1. The van der Waals surface area contributed by atoms with Gasteiger partial charge >= 0.3 is 0 Å². The molecule has 0 aromatic heterocycles. The van der Waals surface area contributed by atoms with Crippen LogP contribution in [-0.4, -0.2) is 41.1 Å². The van der Waals surface area contributed by atoms with E-state index >= 15 is 0 Å². The van der Waals surface area contributed by atoms with E-state index in [0.717, 1.165) is 10.5 Å². The predicted octanol–water partition coefficient (Wildman–Crippen LogP) is 2.59. The van der Waals surface area contributed by atoms with E-state index in [1.807, 2.05) is 18.2 Å². The van der Waals surface area contributed by atoms with Gasteiger partial charge in [-0.2, -0.15) is 0 Å². The van der Waals surface area contributed by atoms with E-state index in [0.29, 0.717) is 22.7 Å². The van der Waals surface area contributed by atoms with Crippen LogP contribution in [0.4, 0.5) is 0 Å². The Kier molecular flexibility index (Phi) is 4.36. The summed E-state index contributed by atoms with van der Waals surface area (Å²) in [6, 6.07) is 13.8. The molecule has 0 saturated heterocycles. The van der Waals surface area contributed by atoms with Crippen LogP contribution in [0.15, 0.2) is 48.5 Å². The first kappa shape index (κ1) is 16.2. The molecule has 0 saturated carbocycles. The van der Waals surface area contributed by atoms with Gasteiger partial charge < -0.3 is 4.90 Å². The molecule has 6 heteroatoms. The molecule has 1 aliphatic rings. The van der Waals surface area contributed by atoms with Gasteiger partial charge in [0.1, 0.15) is 6.54 Å². The zero-order chi connectivity index (χ0) is 17.3. The van der Waals surface area contributed by atoms with Crippen molar-refractivity contribution in [2.45, 2.75) is 6.54 Å². The van der Waals surface area contributed by atoms with E-state index in [-0.39, 0.29) is 12.5 Å². The van der Waals surface area contributed by atoms with Gasteiger partial charge in [0.2, 0.25) is 5.91 Å². The summed E-state index contributed by atoms with van der Waals surface area (Å²) in [7, 11) is 1.61. The highest BCUT2D eigenvalue weighted by atomic mass is 35.5. The van der Waals surface area contributed by atoms with Gasteiger partial charge in [-0.3, -0.25) is 19.3 Å². The molecular formula is C18H15ClN2O3. The topological polar surface area (TPSA) is 57.7 Å². The summed E-state index contributed by atoms with van der Waals surface area (Å²) in [6.45, 7) is 0.0228. The molecule has 122 valence electrons. The molecule has 24 heavy (non-hydrogen) atoms. The van der Waals surface area contributed by atoms with Gasteiger partial charge in [0, 0.05) is 18.6 Å². The van der Waals surface area contributed by atoms with Crippen LogP contribution in [0.1, 0.15) is 26.3 Å². The molecule has 1 aliphatic heterocycles. The monoisotopic (exact) mass is 342 g/mol. The predicted molar refractivity (Wildman–Crippen MR) is 89.7 cm³/mol. The Morgan fingerprint density at radius 2 is 1.54 bits per heavy atom. The number of nitrogens with zero attached hydrogens (tertiary/aromatic N) is 2. The normalized spacial score (nSPS) is 13.2. The maximum atomic E-state index is 12.4. The highest BCUT2D eigenvalue weighted by molar-refractivity contribution is 6.31. The molecule has 0 spiro atoms. The van der Waals surface area contributed by atoms with Crippen LogP contribution in [0.5, 0.6) is 0 Å². The number of hydrogen-bond donors (Lipinski definition) is 0. The zero-order valence-electron chi connectivity index (χ0n) is 13.0. The quantitative estimate of drug-likeness (QED) is 0.802. The average molecular weight is 343 g/mol. The van der Waals surface area contributed by atoms with E-state index in [1.165, 1.54) is 4.90 Å². The SMILES string of the molecule is CN(Cc1ccccc1Cl)C(=O)CN1C(=O)c2ccccc2C1=O. The summed E-state index contributed by atoms with van der Waals surface area (Å²) >= 11 is 6.09. The fraction of sp³-hybridized carbons (Fsp3) is 0.167. The van der Waals surface area contributed by atoms with E-state index in [1.54, 1.807) is 37.4 Å². The molecule has 0 radical (unpaired) electrons. The third kappa shape index (κ3) is 2.90. The van der Waals surface area contributed by atoms with E-state index < -0.39 is 11.8 Å². The Morgan fingerprint density at radius 3 is 2.12 bits per heavy atom. The van der Waals surface area contributed by atoms with Gasteiger partial charge in [-0.1, -0.05) is 41.9 Å². The Bertz CT molecular complexity index is 800. The zero-order valence-corrected chi connectivity index (χ0v) is 13.8. The lowest BCUT2D eigenvalue weighted by atomic mass is 10.1. The minimum atomic E-state index is -0.435. The number of carbonyl (C=O) groups is 3. The third-order valence-electron chi connectivity index (χ3n) is 3.96. The van der Waals surface area contributed by atoms with E-state index in [2.05, 4.69) is 0 Å². The van der Waals surface area contributed by atoms with Crippen molar-refractivity contribution in [1.29, 1.82) is 0 Å². The number of fused-ring (bicyclic) bond motifs is 1. The first-order valence-corrected chi connectivity index (χ1v) is 7.79. The first-order chi connectivity index (χ1) is 11.5. The molecule has 2 aromatic carbocycles. The van der Waals surface area contributed by atoms with Crippen molar-refractivity contribution < 1.29 is 14.4 Å². The Balaban J connectivity index is 1.70. The lowest BCUT2D eigenvalue weighted by Gasteiger charge is -2.21. The summed E-state index contributed by atoms with van der Waals surface area (Å²) in [5.74, 6) is -1.20. The van der Waals surface area contributed by atoms with Crippen molar-refractivity contribution in [2.75, 3.05) is 13.6 Å². The van der Waals surface area contributed by atoms with Crippen LogP contribution >= 0.6 is 11.6 Å². The van der Waals surface area contributed by atoms with Crippen molar-refractivity contribution in [3.05, 3.63) is 70.2 Å². The number of likely N-dealkylation sites (N-methyl/N-ethyl adjacent to an activating group) is 1. The molecule has 3 amide bonds. The molecule has 1 heterocycles. The number of halogens is 1. The van der Waals surface area contributed by atoms with Gasteiger partial charge in [-0.15, -0.1) is 0 Å². The summed E-state index contributed by atoms with van der Waals surface area (Å²) in [5, 5.41) is 0.567. The van der Waals surface area contributed by atoms with Crippen LogP contribution in [-0.2, 0) is 11.3 Å². The molecule has 0 N–H and O–H groups in total. The fourth-order valence-corrected chi connectivity index (χ4v) is 2.80. The molecule has 0 aliphatic carbocycles. The second kappa shape index (κ2) is 6.45. The number of rotatable bonds is 4. The largest absolute Gasteiger partial charge is 0.340 e. The van der Waals surface area contributed by atoms with Gasteiger partial charge in [-0.05, 0) is 23.8 Å². The van der Waals surface area contributed by atoms with E-state index in [9.17, 15) is 14.4 Å². The number of amides is 3. The molecule has 0 fully saturated rings. The minimum Gasteiger partial charge on any atom is -0.340 e. The maximum absolute atomic E-state index is 12.4. The van der Waals surface area contributed by atoms with Crippen molar-refractivity contribution >= 4 is 29.3 Å². The Hall–Kier alpha value is -2.66. The third-order valence-corrected chi connectivity index (χ3v) is 4.33. The van der Waals surface area contributed by atoms with Crippen molar-refractivity contribution in [2.24, 2.45) is 0 Å². The number of hydrogen-bond acceptors (Lipinski definition) is 3. The average Bonchev–Trinajstić information content (AvgIpc) is 2.82. The van der Waals surface area contributed by atoms with Crippen LogP contribution < -0.4 is 0 Å². The van der Waals surface area contributed by atoms with Gasteiger partial charge in [0.15, 0.2) is 0 Å². The van der Waals surface area contributed by atoms with Crippen LogP contribution in [0.3, 0.4) is 0 Å². The van der Waals surface area contributed by atoms with Crippen LogP contribution in [0.25, 0.3) is 0 Å². The lowest BCUT2D eigenvalue weighted by Crippen LogP contribution is -2.40. The number of carbonyl (C=O) groups excluding carboxylic acids is 3. The lowest BCUT2D eigenvalue weighted by molar-refractivity contribution is -0.130. The van der Waals surface area contributed by atoms with Gasteiger partial charge in [-0.25, -0.2) is 0 Å². The van der Waals surface area contributed by atoms with Crippen LogP contribution in [0, 0.1) is 0 Å². The summed E-state index contributed by atoms with van der Waals surface area (Å²) in [4.78, 5) is 39.4. The molecular weight excluding hydrogens is 328 g/mol. The second-order valence-corrected chi connectivity index (χ2v) is 5.99. The molecule has 0 bridgehead atoms. The molecule has 5 nitrogen and oxygen atoms in total. The first-order valence-electron chi connectivity index (χ1n) is 7.41. The van der Waals surface area contributed by atoms with Gasteiger partial charge in [0.05, 0.1) is 11.1 Å². The summed E-state index contributed by atoms with van der Waals surface area (Å²) < 4.78 is 0. The highest BCUT2D eigenvalue weighted by Gasteiger charge is 2.36. The standard InChI is InChI=1S/C18H15ClN2O3/c1-20(10-12-6-2-5-9-15(12)19)16(22)11-21-17(23)13-7-3-4-8-14(13)18(21)24/h2-9H,10-11H2,1H3. The number of benzene rings is 2. The Morgan fingerprint density at radius 1 is 1.00 bits per heavy atom. The smallest absolute Gasteiger partial charge is 0.262 e. The fourth-order valence-electron chi connectivity index (χ4n) is 2.61. The van der Waals surface area contributed by atoms with Crippen molar-refractivity contribution in [3.8, 4) is 0 Å². The molecule has 0 atom stereocenters. The molecule has 2 aromatic rings. The molecule has 0 unspecified atom stereocenters. The summed E-state index contributed by atoms with van der Waals surface area (Å²) in [6.07, 6.45) is 0. The van der Waals surface area contributed by atoms with Gasteiger partial charge in [0.25, 0.3) is 11.8 Å². The highest BCUT2D eigenvalue weighted by Crippen LogP contribution is 2.22. The van der Waals surface area contributed by atoms with Crippen molar-refractivity contribution in [1.82, 2.24) is 9.80 Å².